The number of anilines is 3. The largest absolute Gasteiger partial charge is 0.493 e. The predicted molar refractivity (Wildman–Crippen MR) is 313 cm³/mol. The summed E-state index contributed by atoms with van der Waals surface area (Å²) in [6.45, 7) is 16.6. The smallest absolute Gasteiger partial charge is 0.416 e. The maximum atomic E-state index is 14.4. The van der Waals surface area contributed by atoms with Crippen molar-refractivity contribution in [3.05, 3.63) is 138 Å². The van der Waals surface area contributed by atoms with Crippen LogP contribution in [0.15, 0.2) is 104 Å². The standard InChI is InChI=1S/C63H73N7O14/c1-9-23-82-60(76)66-54(37(4)5)56(72)64-39(7)55(71)65-44-19-15-41(16-20-44)35-84-62(78)70-49-31-51(38(6)27-46(49)58(74)69-36-63(21-22-63)32-50(69)59(70)75)80-25-12-26-81-53-30-48-47(29-52(53)79-8)57(73)67-33-43(42-17-13-40(11-3)14-18-42)28-45(67)34-68(48)61(77)83-24-10-2/h9-10,13-20,27,29-31,33,37,39,45,50,54,59,75H,1-2,11-12,21-26,28,32,34-36H2,3-8H3,(H,64,72)(H,65,71)(H,66,76)/t39-,45-,50-,54-,59?/m0/s1. The second kappa shape index (κ2) is 25.7. The van der Waals surface area contributed by atoms with Crippen molar-refractivity contribution in [3.8, 4) is 17.2 Å². The lowest BCUT2D eigenvalue weighted by molar-refractivity contribution is -0.128. The molecule has 4 heterocycles. The molecule has 5 atom stereocenters. The molecular weight excluding hydrogens is 1080 g/mol. The van der Waals surface area contributed by atoms with Crippen LogP contribution < -0.4 is 40.0 Å². The number of benzene rings is 4. The van der Waals surface area contributed by atoms with Crippen LogP contribution in [0.4, 0.5) is 31.4 Å². The normalized spacial score (nSPS) is 18.8. The first-order valence-electron chi connectivity index (χ1n) is 28.4. The summed E-state index contributed by atoms with van der Waals surface area (Å²) in [7, 11) is 1.47. The summed E-state index contributed by atoms with van der Waals surface area (Å²) in [5.74, 6) is -1.12. The number of rotatable bonds is 21. The molecule has 4 N–H and O–H groups in total. The minimum Gasteiger partial charge on any atom is -0.493 e. The lowest BCUT2D eigenvalue weighted by Crippen LogP contribution is -2.53. The molecule has 21 heteroatoms. The van der Waals surface area contributed by atoms with Crippen molar-refractivity contribution in [2.24, 2.45) is 11.3 Å². The highest BCUT2D eigenvalue weighted by atomic mass is 16.6. The topological polar surface area (TPSA) is 244 Å². The summed E-state index contributed by atoms with van der Waals surface area (Å²) in [5.41, 5.74) is 5.50. The van der Waals surface area contributed by atoms with Crippen LogP contribution in [-0.2, 0) is 36.8 Å². The van der Waals surface area contributed by atoms with Gasteiger partial charge in [0.15, 0.2) is 17.7 Å². The summed E-state index contributed by atoms with van der Waals surface area (Å²) < 4.78 is 34.7. The number of amides is 7. The molecule has 21 nitrogen and oxygen atoms in total. The highest BCUT2D eigenvalue weighted by Gasteiger charge is 2.58. The number of carbonyl (C=O) groups excluding carboxylic acids is 7. The molecular formula is C63H73N7O14. The van der Waals surface area contributed by atoms with Gasteiger partial charge in [-0.15, -0.1) is 0 Å². The molecule has 1 aliphatic carbocycles. The molecule has 1 saturated carbocycles. The highest BCUT2D eigenvalue weighted by molar-refractivity contribution is 6.08. The average molecular weight is 1150 g/mol. The van der Waals surface area contributed by atoms with Crippen molar-refractivity contribution in [1.29, 1.82) is 0 Å². The van der Waals surface area contributed by atoms with Crippen LogP contribution >= 0.6 is 0 Å². The van der Waals surface area contributed by atoms with E-state index in [0.717, 1.165) is 35.3 Å². The molecule has 4 aromatic rings. The van der Waals surface area contributed by atoms with Gasteiger partial charge >= 0.3 is 18.3 Å². The molecule has 0 radical (unpaired) electrons. The van der Waals surface area contributed by atoms with E-state index in [1.165, 1.54) is 36.6 Å². The van der Waals surface area contributed by atoms with E-state index in [2.05, 4.69) is 60.3 Å². The van der Waals surface area contributed by atoms with Gasteiger partial charge in [0.25, 0.3) is 11.8 Å². The molecule has 1 saturated heterocycles. The van der Waals surface area contributed by atoms with Crippen molar-refractivity contribution in [2.45, 2.75) is 110 Å². The van der Waals surface area contributed by atoms with Crippen LogP contribution in [0.5, 0.6) is 17.2 Å². The second-order valence-electron chi connectivity index (χ2n) is 22.2. The third-order valence-electron chi connectivity index (χ3n) is 15.9. The number of aryl methyl sites for hydroxylation is 2. The summed E-state index contributed by atoms with van der Waals surface area (Å²) in [6.07, 6.45) is 5.04. The minimum atomic E-state index is -1.45. The Kier molecular flexibility index (Phi) is 18.3. The van der Waals surface area contributed by atoms with E-state index in [1.54, 1.807) is 79.1 Å². The third-order valence-corrected chi connectivity index (χ3v) is 15.9. The van der Waals surface area contributed by atoms with Crippen molar-refractivity contribution < 1.29 is 67.1 Å². The van der Waals surface area contributed by atoms with Gasteiger partial charge in [0.1, 0.15) is 37.7 Å². The third kappa shape index (κ3) is 13.0. The average Bonchev–Trinajstić information content (AvgIpc) is 2.15. The van der Waals surface area contributed by atoms with Crippen LogP contribution in [0.25, 0.3) is 5.57 Å². The molecule has 9 rings (SSSR count). The van der Waals surface area contributed by atoms with Crippen LogP contribution in [0.2, 0.25) is 0 Å². The summed E-state index contributed by atoms with van der Waals surface area (Å²) >= 11 is 0. The van der Waals surface area contributed by atoms with Crippen LogP contribution in [-0.4, -0.2) is 134 Å². The molecule has 7 amide bonds. The number of nitrogens with zero attached hydrogens (tertiary/aromatic N) is 4. The van der Waals surface area contributed by atoms with Gasteiger partial charge in [0.2, 0.25) is 11.8 Å². The summed E-state index contributed by atoms with van der Waals surface area (Å²) in [5, 5.41) is 20.0. The van der Waals surface area contributed by atoms with Gasteiger partial charge in [0.05, 0.1) is 61.5 Å². The van der Waals surface area contributed by atoms with E-state index in [1.807, 2.05) is 6.20 Å². The van der Waals surface area contributed by atoms with Crippen LogP contribution in [0, 0.1) is 18.3 Å². The maximum Gasteiger partial charge on any atom is 0.416 e. The molecule has 1 spiro atoms. The number of carbonyl (C=O) groups is 7. The zero-order valence-electron chi connectivity index (χ0n) is 48.3. The lowest BCUT2D eigenvalue weighted by Gasteiger charge is -2.31. The van der Waals surface area contributed by atoms with E-state index in [-0.39, 0.29) is 97.1 Å². The monoisotopic (exact) mass is 1150 g/mol. The fraction of sp³-hybridized carbons (Fsp3) is 0.413. The van der Waals surface area contributed by atoms with E-state index in [9.17, 15) is 38.7 Å². The number of nitrogens with one attached hydrogen (secondary N) is 3. The SMILES string of the molecule is C=CCOC(=O)N[C@H](C(=O)N[C@@H](C)C(=O)Nc1ccc(COC(=O)N2c3cc(OCCCOc4cc5c(cc4OC)C(=O)N4C=C(c6ccc(CC)cc6)C[C@H]4CN5C(=O)OCC=C)c(C)cc3C(=O)N3CC4(CC4)C[C@H]3C2O)cc1)C(C)C. The summed E-state index contributed by atoms with van der Waals surface area (Å²) in [4.78, 5) is 101. The van der Waals surface area contributed by atoms with Gasteiger partial charge in [0, 0.05) is 37.0 Å². The van der Waals surface area contributed by atoms with E-state index in [0.29, 0.717) is 54.1 Å². The first kappa shape index (κ1) is 59.8. The van der Waals surface area contributed by atoms with E-state index < -0.39 is 54.4 Å². The van der Waals surface area contributed by atoms with Gasteiger partial charge in [-0.1, -0.05) is 82.5 Å². The Morgan fingerprint density at radius 2 is 1.45 bits per heavy atom. The molecule has 0 bridgehead atoms. The molecule has 2 fully saturated rings. The van der Waals surface area contributed by atoms with Crippen LogP contribution in [0.3, 0.4) is 0 Å². The molecule has 4 aromatic carbocycles. The van der Waals surface area contributed by atoms with Gasteiger partial charge in [-0.25, -0.2) is 19.3 Å². The Labute approximate surface area is 488 Å². The van der Waals surface area contributed by atoms with Gasteiger partial charge in [-0.3, -0.25) is 24.1 Å². The number of fused-ring (bicyclic) bond motifs is 4. The quantitative estimate of drug-likeness (QED) is 0.0347. The zero-order chi connectivity index (χ0) is 60.0. The van der Waals surface area contributed by atoms with Gasteiger partial charge in [-0.2, -0.15) is 0 Å². The van der Waals surface area contributed by atoms with E-state index >= 15 is 0 Å². The second-order valence-corrected chi connectivity index (χ2v) is 22.2. The maximum absolute atomic E-state index is 14.4. The Hall–Kier alpha value is -8.85. The molecule has 0 aromatic heterocycles. The number of ether oxygens (including phenoxy) is 6. The first-order valence-corrected chi connectivity index (χ1v) is 28.4. The molecule has 5 aliphatic rings. The number of aliphatic hydroxyl groups is 1. The number of hydrogen-bond acceptors (Lipinski definition) is 14. The highest BCUT2D eigenvalue weighted by Crippen LogP contribution is 2.57. The van der Waals surface area contributed by atoms with Crippen molar-refractivity contribution in [2.75, 3.05) is 61.7 Å². The fourth-order valence-corrected chi connectivity index (χ4v) is 11.0. The fourth-order valence-electron chi connectivity index (χ4n) is 11.0. The Morgan fingerprint density at radius 1 is 0.786 bits per heavy atom. The van der Waals surface area contributed by atoms with Crippen LogP contribution in [0.1, 0.15) is 103 Å². The van der Waals surface area contributed by atoms with Gasteiger partial charge in [-0.05, 0) is 109 Å². The Bertz CT molecular complexity index is 3230. The molecule has 4 aliphatic heterocycles. The zero-order valence-corrected chi connectivity index (χ0v) is 48.3. The molecule has 444 valence electrons. The van der Waals surface area contributed by atoms with E-state index in [4.69, 9.17) is 28.4 Å². The Balaban J connectivity index is 0.859. The molecule has 84 heavy (non-hydrogen) atoms. The predicted octanol–water partition coefficient (Wildman–Crippen LogP) is 8.66. The van der Waals surface area contributed by atoms with Crippen molar-refractivity contribution >= 4 is 64.5 Å². The first-order chi connectivity index (χ1) is 40.4. The number of alkyl carbamates (subject to hydrolysis) is 1. The van der Waals surface area contributed by atoms with Crippen molar-refractivity contribution in [3.63, 3.8) is 0 Å². The minimum absolute atomic E-state index is 0.0326. The number of hydrogen-bond donors (Lipinski definition) is 4. The summed E-state index contributed by atoms with van der Waals surface area (Å²) in [6, 6.07) is 18.2. The number of methoxy groups -OCH3 is 1. The van der Waals surface area contributed by atoms with Gasteiger partial charge < -0.3 is 59.3 Å². The van der Waals surface area contributed by atoms with Crippen molar-refractivity contribution in [1.82, 2.24) is 20.4 Å². The molecule has 1 unspecified atom stereocenters. The lowest BCUT2D eigenvalue weighted by atomic mass is 10.0. The Morgan fingerprint density at radius 3 is 2.12 bits per heavy atom. The number of aliphatic hydroxyl groups excluding tert-OH is 1.